The van der Waals surface area contributed by atoms with E-state index < -0.39 is 0 Å². The van der Waals surface area contributed by atoms with Crippen LogP contribution in [0.1, 0.15) is 5.56 Å². The predicted molar refractivity (Wildman–Crippen MR) is 51.8 cm³/mol. The van der Waals surface area contributed by atoms with E-state index in [1.165, 1.54) is 0 Å². The van der Waals surface area contributed by atoms with Gasteiger partial charge in [0.15, 0.2) is 0 Å². The van der Waals surface area contributed by atoms with Crippen LogP contribution in [0, 0.1) is 0 Å². The lowest BCUT2D eigenvalue weighted by molar-refractivity contribution is 0.264. The summed E-state index contributed by atoms with van der Waals surface area (Å²) in [7, 11) is 1.63. The van der Waals surface area contributed by atoms with E-state index in [0.717, 1.165) is 11.3 Å². The first-order valence-electron chi connectivity index (χ1n) is 4.26. The number of hydrogen-bond acceptors (Lipinski definition) is 3. The van der Waals surface area contributed by atoms with Crippen LogP contribution in [-0.4, -0.2) is 24.9 Å². The van der Waals surface area contributed by atoms with Crippen molar-refractivity contribution in [1.82, 2.24) is 0 Å². The van der Waals surface area contributed by atoms with Crippen molar-refractivity contribution in [2.24, 2.45) is 5.73 Å². The molecule has 0 aliphatic rings. The Morgan fingerprint density at radius 1 is 1.46 bits per heavy atom. The summed E-state index contributed by atoms with van der Waals surface area (Å²) in [6, 6.07) is 7.47. The number of rotatable bonds is 4. The number of para-hydroxylation sites is 1. The van der Waals surface area contributed by atoms with E-state index in [-0.39, 0.29) is 12.6 Å². The Balaban J connectivity index is 2.74. The predicted octanol–water partition coefficient (Wildman–Crippen LogP) is 0.557. The number of aliphatic hydroxyl groups excluding tert-OH is 1. The lowest BCUT2D eigenvalue weighted by Crippen LogP contribution is -2.26. The second-order valence-corrected chi connectivity index (χ2v) is 2.96. The maximum absolute atomic E-state index is 8.79. The highest BCUT2D eigenvalue weighted by Gasteiger charge is 2.06. The van der Waals surface area contributed by atoms with Gasteiger partial charge in [0.1, 0.15) is 5.75 Å². The van der Waals surface area contributed by atoms with Crippen LogP contribution in [0.4, 0.5) is 0 Å². The summed E-state index contributed by atoms with van der Waals surface area (Å²) in [5.74, 6) is 0.825. The first-order valence-corrected chi connectivity index (χ1v) is 4.26. The monoisotopic (exact) mass is 181 g/mol. The van der Waals surface area contributed by atoms with Crippen molar-refractivity contribution in [3.63, 3.8) is 0 Å². The van der Waals surface area contributed by atoms with Gasteiger partial charge in [0.05, 0.1) is 13.7 Å². The van der Waals surface area contributed by atoms with Crippen LogP contribution in [0.5, 0.6) is 5.75 Å². The minimum atomic E-state index is -0.212. The summed E-state index contributed by atoms with van der Waals surface area (Å²) in [5, 5.41) is 8.79. The number of nitrogens with two attached hydrogens (primary N) is 1. The summed E-state index contributed by atoms with van der Waals surface area (Å²) in [4.78, 5) is 0. The van der Waals surface area contributed by atoms with Crippen molar-refractivity contribution in [1.29, 1.82) is 0 Å². The first kappa shape index (κ1) is 10.0. The number of benzene rings is 1. The van der Waals surface area contributed by atoms with Crippen LogP contribution in [0.25, 0.3) is 0 Å². The van der Waals surface area contributed by atoms with Gasteiger partial charge in [-0.15, -0.1) is 0 Å². The van der Waals surface area contributed by atoms with E-state index in [2.05, 4.69) is 0 Å². The van der Waals surface area contributed by atoms with Crippen LogP contribution in [-0.2, 0) is 6.42 Å². The van der Waals surface area contributed by atoms with Crippen molar-refractivity contribution < 1.29 is 9.84 Å². The molecule has 0 heterocycles. The standard InChI is InChI=1S/C10H15NO2/c1-13-10-5-3-2-4-8(10)6-9(11)7-12/h2-5,9,12H,6-7,11H2,1H3. The van der Waals surface area contributed by atoms with Gasteiger partial charge in [0.2, 0.25) is 0 Å². The Bertz CT molecular complexity index is 263. The number of ether oxygens (including phenoxy) is 1. The lowest BCUT2D eigenvalue weighted by Gasteiger charge is -2.11. The van der Waals surface area contributed by atoms with Gasteiger partial charge >= 0.3 is 0 Å². The molecule has 0 saturated carbocycles. The maximum atomic E-state index is 8.79. The molecule has 72 valence electrons. The molecule has 1 atom stereocenters. The Morgan fingerprint density at radius 3 is 2.77 bits per heavy atom. The first-order chi connectivity index (χ1) is 6.27. The molecule has 1 rings (SSSR count). The van der Waals surface area contributed by atoms with Gasteiger partial charge in [0.25, 0.3) is 0 Å². The van der Waals surface area contributed by atoms with Gasteiger partial charge in [0, 0.05) is 6.04 Å². The summed E-state index contributed by atoms with van der Waals surface area (Å²) < 4.78 is 5.15. The Kier molecular flexibility index (Phi) is 3.73. The van der Waals surface area contributed by atoms with E-state index in [4.69, 9.17) is 15.6 Å². The molecule has 0 aliphatic carbocycles. The van der Waals surface area contributed by atoms with Gasteiger partial charge in [-0.3, -0.25) is 0 Å². The van der Waals surface area contributed by atoms with E-state index >= 15 is 0 Å². The Hall–Kier alpha value is -1.06. The van der Waals surface area contributed by atoms with Crippen LogP contribution in [0.15, 0.2) is 24.3 Å². The van der Waals surface area contributed by atoms with Gasteiger partial charge < -0.3 is 15.6 Å². The molecule has 3 N–H and O–H groups in total. The Morgan fingerprint density at radius 2 is 2.15 bits per heavy atom. The van der Waals surface area contributed by atoms with Crippen molar-refractivity contribution in [2.75, 3.05) is 13.7 Å². The normalized spacial score (nSPS) is 12.5. The largest absolute Gasteiger partial charge is 0.496 e. The van der Waals surface area contributed by atoms with E-state index in [1.54, 1.807) is 7.11 Å². The van der Waals surface area contributed by atoms with Crippen LogP contribution in [0.3, 0.4) is 0 Å². The second-order valence-electron chi connectivity index (χ2n) is 2.96. The molecule has 0 radical (unpaired) electrons. The third-order valence-electron chi connectivity index (χ3n) is 1.91. The number of methoxy groups -OCH3 is 1. The highest BCUT2D eigenvalue weighted by Crippen LogP contribution is 2.18. The molecule has 0 aliphatic heterocycles. The molecule has 1 aromatic rings. The maximum Gasteiger partial charge on any atom is 0.122 e. The molecular formula is C10H15NO2. The number of aliphatic hydroxyl groups is 1. The smallest absolute Gasteiger partial charge is 0.122 e. The fourth-order valence-electron chi connectivity index (χ4n) is 1.22. The third-order valence-corrected chi connectivity index (χ3v) is 1.91. The van der Waals surface area contributed by atoms with Gasteiger partial charge in [-0.2, -0.15) is 0 Å². The molecule has 0 fully saturated rings. The van der Waals surface area contributed by atoms with Crippen molar-refractivity contribution in [3.05, 3.63) is 29.8 Å². The molecule has 1 aromatic carbocycles. The average molecular weight is 181 g/mol. The Labute approximate surface area is 78.1 Å². The van der Waals surface area contributed by atoms with Crippen LogP contribution >= 0.6 is 0 Å². The molecule has 0 aromatic heterocycles. The lowest BCUT2D eigenvalue weighted by atomic mass is 10.1. The van der Waals surface area contributed by atoms with Crippen LogP contribution in [0.2, 0.25) is 0 Å². The van der Waals surface area contributed by atoms with Gasteiger partial charge in [-0.1, -0.05) is 18.2 Å². The topological polar surface area (TPSA) is 55.5 Å². The summed E-state index contributed by atoms with van der Waals surface area (Å²) in [5.41, 5.74) is 6.66. The molecule has 1 unspecified atom stereocenters. The van der Waals surface area contributed by atoms with Crippen molar-refractivity contribution >= 4 is 0 Å². The molecule has 0 amide bonds. The SMILES string of the molecule is COc1ccccc1CC(N)CO. The second kappa shape index (κ2) is 4.84. The zero-order valence-electron chi connectivity index (χ0n) is 7.73. The summed E-state index contributed by atoms with van der Waals surface area (Å²) in [6.07, 6.45) is 0.639. The number of hydrogen-bond donors (Lipinski definition) is 2. The van der Waals surface area contributed by atoms with Gasteiger partial charge in [-0.25, -0.2) is 0 Å². The molecular weight excluding hydrogens is 166 g/mol. The molecule has 0 bridgehead atoms. The molecule has 13 heavy (non-hydrogen) atoms. The summed E-state index contributed by atoms with van der Waals surface area (Å²) >= 11 is 0. The van der Waals surface area contributed by atoms with Gasteiger partial charge in [-0.05, 0) is 18.1 Å². The third kappa shape index (κ3) is 2.72. The highest BCUT2D eigenvalue weighted by molar-refractivity contribution is 5.33. The summed E-state index contributed by atoms with van der Waals surface area (Å²) in [6.45, 7) is -0.00194. The van der Waals surface area contributed by atoms with E-state index in [0.29, 0.717) is 6.42 Å². The molecule has 0 saturated heterocycles. The zero-order chi connectivity index (χ0) is 9.68. The molecule has 0 spiro atoms. The minimum Gasteiger partial charge on any atom is -0.496 e. The quantitative estimate of drug-likeness (QED) is 0.713. The fourth-order valence-corrected chi connectivity index (χ4v) is 1.22. The van der Waals surface area contributed by atoms with E-state index in [9.17, 15) is 0 Å². The highest BCUT2D eigenvalue weighted by atomic mass is 16.5. The van der Waals surface area contributed by atoms with E-state index in [1.807, 2.05) is 24.3 Å². The fraction of sp³-hybridized carbons (Fsp3) is 0.400. The zero-order valence-corrected chi connectivity index (χ0v) is 7.73. The molecule has 3 nitrogen and oxygen atoms in total. The van der Waals surface area contributed by atoms with Crippen molar-refractivity contribution in [3.8, 4) is 5.75 Å². The molecule has 3 heteroatoms. The minimum absolute atomic E-state index is 0.00194. The van der Waals surface area contributed by atoms with Crippen molar-refractivity contribution in [2.45, 2.75) is 12.5 Å². The van der Waals surface area contributed by atoms with Crippen LogP contribution < -0.4 is 10.5 Å². The average Bonchev–Trinajstić information content (AvgIpc) is 2.18.